The fourth-order valence-corrected chi connectivity index (χ4v) is 1.31. The van der Waals surface area contributed by atoms with Crippen LogP contribution in [0.1, 0.15) is 47.0 Å². The van der Waals surface area contributed by atoms with E-state index >= 15 is 0 Å². The summed E-state index contributed by atoms with van der Waals surface area (Å²) < 4.78 is 0. The highest BCUT2D eigenvalue weighted by Gasteiger charge is 2.07. The SMILES string of the molecule is CCC(CCC(C)C)CNC(C)=O. The minimum atomic E-state index is 0.0861. The van der Waals surface area contributed by atoms with Crippen molar-refractivity contribution in [3.63, 3.8) is 0 Å². The summed E-state index contributed by atoms with van der Waals surface area (Å²) in [6.45, 7) is 9.09. The molecule has 0 rings (SSSR count). The second-order valence-electron chi connectivity index (χ2n) is 4.18. The molecule has 1 atom stereocenters. The molecule has 0 aliphatic carbocycles. The molecular weight excluding hydrogens is 162 g/mol. The van der Waals surface area contributed by atoms with Gasteiger partial charge in [-0.25, -0.2) is 0 Å². The molecule has 1 unspecified atom stereocenters. The molecule has 0 fully saturated rings. The van der Waals surface area contributed by atoms with Crippen molar-refractivity contribution in [3.05, 3.63) is 0 Å². The standard InChI is InChI=1S/C11H23NO/c1-5-11(7-6-9(2)3)8-12-10(4)13/h9,11H,5-8H2,1-4H3,(H,12,13). The second-order valence-corrected chi connectivity index (χ2v) is 4.18. The summed E-state index contributed by atoms with van der Waals surface area (Å²) in [4.78, 5) is 10.7. The van der Waals surface area contributed by atoms with Crippen LogP contribution in [0.2, 0.25) is 0 Å². The first-order valence-corrected chi connectivity index (χ1v) is 5.30. The molecule has 0 aliphatic rings. The summed E-state index contributed by atoms with van der Waals surface area (Å²) >= 11 is 0. The van der Waals surface area contributed by atoms with Crippen LogP contribution in [0.3, 0.4) is 0 Å². The molecule has 0 saturated heterocycles. The van der Waals surface area contributed by atoms with E-state index in [0.29, 0.717) is 5.92 Å². The zero-order chi connectivity index (χ0) is 10.3. The number of hydrogen-bond acceptors (Lipinski definition) is 1. The average Bonchev–Trinajstić information content (AvgIpc) is 2.04. The molecular formula is C11H23NO. The van der Waals surface area contributed by atoms with E-state index in [-0.39, 0.29) is 5.91 Å². The van der Waals surface area contributed by atoms with E-state index in [9.17, 15) is 4.79 Å². The molecule has 13 heavy (non-hydrogen) atoms. The second kappa shape index (κ2) is 6.93. The van der Waals surface area contributed by atoms with Crippen molar-refractivity contribution in [2.75, 3.05) is 6.54 Å². The molecule has 2 heteroatoms. The van der Waals surface area contributed by atoms with Gasteiger partial charge in [-0.3, -0.25) is 4.79 Å². The number of nitrogens with one attached hydrogen (secondary N) is 1. The summed E-state index contributed by atoms with van der Waals surface area (Å²) in [6, 6.07) is 0. The van der Waals surface area contributed by atoms with E-state index in [2.05, 4.69) is 26.1 Å². The van der Waals surface area contributed by atoms with Gasteiger partial charge < -0.3 is 5.32 Å². The van der Waals surface area contributed by atoms with Crippen molar-refractivity contribution >= 4 is 5.91 Å². The molecule has 78 valence electrons. The number of amides is 1. The summed E-state index contributed by atoms with van der Waals surface area (Å²) in [5.41, 5.74) is 0. The highest BCUT2D eigenvalue weighted by molar-refractivity contribution is 5.72. The van der Waals surface area contributed by atoms with Crippen LogP contribution >= 0.6 is 0 Å². The van der Waals surface area contributed by atoms with Crippen LogP contribution in [0.15, 0.2) is 0 Å². The number of hydrogen-bond donors (Lipinski definition) is 1. The van der Waals surface area contributed by atoms with Gasteiger partial charge in [0.25, 0.3) is 0 Å². The third kappa shape index (κ3) is 7.82. The quantitative estimate of drug-likeness (QED) is 0.677. The fraction of sp³-hybridized carbons (Fsp3) is 0.909. The third-order valence-electron chi connectivity index (χ3n) is 2.37. The van der Waals surface area contributed by atoms with Crippen LogP contribution in [0.5, 0.6) is 0 Å². The molecule has 0 aromatic carbocycles. The maximum absolute atomic E-state index is 10.7. The number of rotatable bonds is 6. The Kier molecular flexibility index (Phi) is 6.65. The highest BCUT2D eigenvalue weighted by atomic mass is 16.1. The normalized spacial score (nSPS) is 13.0. The Morgan fingerprint density at radius 1 is 1.31 bits per heavy atom. The van der Waals surface area contributed by atoms with Crippen molar-refractivity contribution in [3.8, 4) is 0 Å². The van der Waals surface area contributed by atoms with Crippen LogP contribution in [-0.2, 0) is 4.79 Å². The predicted molar refractivity (Wildman–Crippen MR) is 56.5 cm³/mol. The minimum Gasteiger partial charge on any atom is -0.356 e. The van der Waals surface area contributed by atoms with Crippen LogP contribution < -0.4 is 5.32 Å². The minimum absolute atomic E-state index is 0.0861. The monoisotopic (exact) mass is 185 g/mol. The lowest BCUT2D eigenvalue weighted by molar-refractivity contribution is -0.119. The predicted octanol–water partition coefficient (Wildman–Crippen LogP) is 2.58. The summed E-state index contributed by atoms with van der Waals surface area (Å²) in [5.74, 6) is 1.51. The molecule has 1 amide bonds. The molecule has 1 N–H and O–H groups in total. The Morgan fingerprint density at radius 2 is 1.92 bits per heavy atom. The highest BCUT2D eigenvalue weighted by Crippen LogP contribution is 2.14. The van der Waals surface area contributed by atoms with Crippen molar-refractivity contribution < 1.29 is 4.79 Å². The molecule has 0 bridgehead atoms. The van der Waals surface area contributed by atoms with Crippen LogP contribution in [0.25, 0.3) is 0 Å². The summed E-state index contributed by atoms with van der Waals surface area (Å²) in [7, 11) is 0. The largest absolute Gasteiger partial charge is 0.356 e. The van der Waals surface area contributed by atoms with E-state index in [0.717, 1.165) is 18.9 Å². The van der Waals surface area contributed by atoms with E-state index in [1.54, 1.807) is 6.92 Å². The van der Waals surface area contributed by atoms with Crippen molar-refractivity contribution in [1.82, 2.24) is 5.32 Å². The zero-order valence-corrected chi connectivity index (χ0v) is 9.39. The Hall–Kier alpha value is -0.530. The first kappa shape index (κ1) is 12.5. The van der Waals surface area contributed by atoms with E-state index in [1.165, 1.54) is 12.8 Å². The average molecular weight is 185 g/mol. The van der Waals surface area contributed by atoms with Gasteiger partial charge in [0.2, 0.25) is 5.91 Å². The zero-order valence-electron chi connectivity index (χ0n) is 9.39. The number of carbonyl (C=O) groups excluding carboxylic acids is 1. The fourth-order valence-electron chi connectivity index (χ4n) is 1.31. The van der Waals surface area contributed by atoms with Crippen molar-refractivity contribution in [2.45, 2.75) is 47.0 Å². The first-order chi connectivity index (χ1) is 6.06. The van der Waals surface area contributed by atoms with Crippen LogP contribution in [0.4, 0.5) is 0 Å². The molecule has 0 radical (unpaired) electrons. The molecule has 0 saturated carbocycles. The van der Waals surface area contributed by atoms with E-state index in [1.807, 2.05) is 0 Å². The summed E-state index contributed by atoms with van der Waals surface area (Å²) in [5, 5.41) is 2.88. The van der Waals surface area contributed by atoms with Gasteiger partial charge in [0.15, 0.2) is 0 Å². The molecule has 0 aromatic rings. The molecule has 0 heterocycles. The molecule has 0 spiro atoms. The Balaban J connectivity index is 3.57. The van der Waals surface area contributed by atoms with Gasteiger partial charge in [-0.1, -0.05) is 33.6 Å². The lowest BCUT2D eigenvalue weighted by Gasteiger charge is -2.15. The van der Waals surface area contributed by atoms with Gasteiger partial charge in [-0.15, -0.1) is 0 Å². The van der Waals surface area contributed by atoms with Gasteiger partial charge in [-0.05, 0) is 18.3 Å². The third-order valence-corrected chi connectivity index (χ3v) is 2.37. The van der Waals surface area contributed by atoms with Crippen molar-refractivity contribution in [1.29, 1.82) is 0 Å². The maximum Gasteiger partial charge on any atom is 0.216 e. The van der Waals surface area contributed by atoms with Gasteiger partial charge in [0.1, 0.15) is 0 Å². The summed E-state index contributed by atoms with van der Waals surface area (Å²) in [6.07, 6.45) is 3.65. The molecule has 0 aliphatic heterocycles. The Bertz CT molecular complexity index is 143. The number of carbonyl (C=O) groups is 1. The lowest BCUT2D eigenvalue weighted by Crippen LogP contribution is -2.26. The Morgan fingerprint density at radius 3 is 2.31 bits per heavy atom. The Labute approximate surface area is 82.1 Å². The topological polar surface area (TPSA) is 29.1 Å². The van der Waals surface area contributed by atoms with Gasteiger partial charge in [0.05, 0.1) is 0 Å². The van der Waals surface area contributed by atoms with Gasteiger partial charge >= 0.3 is 0 Å². The molecule has 0 aromatic heterocycles. The van der Waals surface area contributed by atoms with Crippen LogP contribution in [-0.4, -0.2) is 12.5 Å². The van der Waals surface area contributed by atoms with Crippen LogP contribution in [0, 0.1) is 11.8 Å². The molecule has 2 nitrogen and oxygen atoms in total. The van der Waals surface area contributed by atoms with Gasteiger partial charge in [-0.2, -0.15) is 0 Å². The lowest BCUT2D eigenvalue weighted by atomic mass is 9.96. The van der Waals surface area contributed by atoms with Gasteiger partial charge in [0, 0.05) is 13.5 Å². The van der Waals surface area contributed by atoms with E-state index < -0.39 is 0 Å². The van der Waals surface area contributed by atoms with E-state index in [4.69, 9.17) is 0 Å². The van der Waals surface area contributed by atoms with Crippen molar-refractivity contribution in [2.24, 2.45) is 11.8 Å². The maximum atomic E-state index is 10.7. The smallest absolute Gasteiger partial charge is 0.216 e. The first-order valence-electron chi connectivity index (χ1n) is 5.30.